The molecule has 0 aromatic heterocycles. The van der Waals surface area contributed by atoms with Gasteiger partial charge >= 0.3 is 0 Å². The zero-order chi connectivity index (χ0) is 16.8. The summed E-state index contributed by atoms with van der Waals surface area (Å²) in [6.45, 7) is 1.65. The van der Waals surface area contributed by atoms with Gasteiger partial charge in [0.25, 0.3) is 0 Å². The average molecular weight is 324 g/mol. The van der Waals surface area contributed by atoms with E-state index >= 15 is 0 Å². The normalized spacial score (nSPS) is 18.8. The molecule has 3 rings (SSSR count). The molecule has 24 heavy (non-hydrogen) atoms. The molecule has 1 heterocycles. The van der Waals surface area contributed by atoms with E-state index < -0.39 is 5.60 Å². The van der Waals surface area contributed by atoms with Gasteiger partial charge < -0.3 is 5.11 Å². The van der Waals surface area contributed by atoms with E-state index in [9.17, 15) is 9.90 Å². The molecule has 0 aliphatic carbocycles. The zero-order valence-corrected chi connectivity index (χ0v) is 13.7. The van der Waals surface area contributed by atoms with Crippen LogP contribution in [0, 0.1) is 5.92 Å². The summed E-state index contributed by atoms with van der Waals surface area (Å²) in [7, 11) is 0. The fourth-order valence-electron chi connectivity index (χ4n) is 3.32. The van der Waals surface area contributed by atoms with Gasteiger partial charge in [0.05, 0.1) is 0 Å². The maximum absolute atomic E-state index is 13.1. The van der Waals surface area contributed by atoms with Crippen LogP contribution in [-0.4, -0.2) is 24.0 Å². The molecule has 126 valence electrons. The van der Waals surface area contributed by atoms with E-state index in [2.05, 4.69) is 10.9 Å². The van der Waals surface area contributed by atoms with Gasteiger partial charge in [-0.3, -0.25) is 15.6 Å². The third-order valence-corrected chi connectivity index (χ3v) is 4.69. The van der Waals surface area contributed by atoms with Crippen LogP contribution in [0.2, 0.25) is 0 Å². The standard InChI is InChI=1S/C20H24N2O2/c23-19(14-16-8-7-13-21-22-15-16)20(24,17-9-3-1-4-10-17)18-11-5-2-6-12-18/h1-6,9-12,16,21-22,24H,7-8,13-15H2. The van der Waals surface area contributed by atoms with Crippen molar-refractivity contribution in [3.05, 3.63) is 71.8 Å². The Morgan fingerprint density at radius 3 is 2.17 bits per heavy atom. The number of hydrazine groups is 1. The molecule has 2 aromatic carbocycles. The molecule has 2 aromatic rings. The lowest BCUT2D eigenvalue weighted by atomic mass is 9.79. The van der Waals surface area contributed by atoms with Crippen molar-refractivity contribution in [3.63, 3.8) is 0 Å². The van der Waals surface area contributed by atoms with E-state index in [-0.39, 0.29) is 11.7 Å². The van der Waals surface area contributed by atoms with Gasteiger partial charge in [-0.05, 0) is 29.9 Å². The van der Waals surface area contributed by atoms with Crippen molar-refractivity contribution in [2.45, 2.75) is 24.9 Å². The highest BCUT2D eigenvalue weighted by Gasteiger charge is 2.40. The molecule has 0 spiro atoms. The van der Waals surface area contributed by atoms with E-state index in [0.29, 0.717) is 17.5 Å². The number of aliphatic hydroxyl groups is 1. The van der Waals surface area contributed by atoms with Gasteiger partial charge in [-0.15, -0.1) is 0 Å². The van der Waals surface area contributed by atoms with Crippen molar-refractivity contribution in [2.24, 2.45) is 5.92 Å². The van der Waals surface area contributed by atoms with Gasteiger partial charge in [0, 0.05) is 19.5 Å². The average Bonchev–Trinajstić information content (AvgIpc) is 2.91. The van der Waals surface area contributed by atoms with Gasteiger partial charge in [0.15, 0.2) is 11.4 Å². The fraction of sp³-hybridized carbons (Fsp3) is 0.350. The number of carbonyl (C=O) groups excluding carboxylic acids is 1. The number of ketones is 1. The first-order valence-corrected chi connectivity index (χ1v) is 8.53. The molecule has 1 aliphatic rings. The number of benzene rings is 2. The van der Waals surface area contributed by atoms with Crippen LogP contribution in [0.3, 0.4) is 0 Å². The van der Waals surface area contributed by atoms with Crippen LogP contribution in [0.1, 0.15) is 30.4 Å². The first kappa shape index (κ1) is 16.8. The van der Waals surface area contributed by atoms with Gasteiger partial charge in [-0.25, -0.2) is 0 Å². The second-order valence-corrected chi connectivity index (χ2v) is 6.39. The lowest BCUT2D eigenvalue weighted by Crippen LogP contribution is -2.39. The largest absolute Gasteiger partial charge is 0.373 e. The lowest BCUT2D eigenvalue weighted by Gasteiger charge is -2.29. The van der Waals surface area contributed by atoms with Crippen molar-refractivity contribution in [1.29, 1.82) is 0 Å². The summed E-state index contributed by atoms with van der Waals surface area (Å²) in [5.74, 6) is 0.0834. The quantitative estimate of drug-likeness (QED) is 0.790. The third-order valence-electron chi connectivity index (χ3n) is 4.69. The van der Waals surface area contributed by atoms with Crippen LogP contribution in [0.25, 0.3) is 0 Å². The van der Waals surface area contributed by atoms with E-state index in [1.807, 2.05) is 60.7 Å². The van der Waals surface area contributed by atoms with Crippen molar-refractivity contribution in [2.75, 3.05) is 13.1 Å². The topological polar surface area (TPSA) is 61.4 Å². The van der Waals surface area contributed by atoms with Crippen LogP contribution in [0.5, 0.6) is 0 Å². The molecule has 1 fully saturated rings. The molecule has 1 saturated heterocycles. The molecule has 1 atom stereocenters. The van der Waals surface area contributed by atoms with Crippen LogP contribution >= 0.6 is 0 Å². The first-order valence-electron chi connectivity index (χ1n) is 8.53. The fourth-order valence-corrected chi connectivity index (χ4v) is 3.32. The summed E-state index contributed by atoms with van der Waals surface area (Å²) in [6.07, 6.45) is 2.36. The summed E-state index contributed by atoms with van der Waals surface area (Å²) >= 11 is 0. The zero-order valence-electron chi connectivity index (χ0n) is 13.7. The minimum absolute atomic E-state index is 0.145. The summed E-state index contributed by atoms with van der Waals surface area (Å²) in [6, 6.07) is 18.5. The second kappa shape index (κ2) is 7.71. The second-order valence-electron chi connectivity index (χ2n) is 6.39. The SMILES string of the molecule is O=C(CC1CCCNNC1)C(O)(c1ccccc1)c1ccccc1. The Morgan fingerprint density at radius 1 is 1.00 bits per heavy atom. The Morgan fingerprint density at radius 2 is 1.58 bits per heavy atom. The summed E-state index contributed by atoms with van der Waals surface area (Å²) < 4.78 is 0. The lowest BCUT2D eigenvalue weighted by molar-refractivity contribution is -0.135. The number of hydrogen-bond acceptors (Lipinski definition) is 4. The van der Waals surface area contributed by atoms with Crippen LogP contribution in [0.15, 0.2) is 60.7 Å². The van der Waals surface area contributed by atoms with Crippen LogP contribution in [0.4, 0.5) is 0 Å². The number of hydrogen-bond donors (Lipinski definition) is 3. The molecule has 4 nitrogen and oxygen atoms in total. The molecule has 1 aliphatic heterocycles. The predicted molar refractivity (Wildman–Crippen MR) is 94.2 cm³/mol. The molecule has 0 saturated carbocycles. The molecule has 1 unspecified atom stereocenters. The Bertz CT molecular complexity index is 610. The minimum Gasteiger partial charge on any atom is -0.373 e. The minimum atomic E-state index is -1.59. The smallest absolute Gasteiger partial charge is 0.173 e. The summed E-state index contributed by atoms with van der Waals surface area (Å²) in [5.41, 5.74) is 5.94. The molecule has 0 amide bonds. The molecule has 0 bridgehead atoms. The molecule has 0 radical (unpaired) electrons. The predicted octanol–water partition coefficient (Wildman–Crippen LogP) is 2.39. The Hall–Kier alpha value is -2.01. The van der Waals surface area contributed by atoms with Crippen LogP contribution < -0.4 is 10.9 Å². The molecular formula is C20H24N2O2. The van der Waals surface area contributed by atoms with Crippen molar-refractivity contribution < 1.29 is 9.90 Å². The van der Waals surface area contributed by atoms with E-state index in [1.165, 1.54) is 0 Å². The number of Topliss-reactive ketones (excluding diaryl/α,β-unsaturated/α-hetero) is 1. The number of rotatable bonds is 5. The van der Waals surface area contributed by atoms with Gasteiger partial charge in [0.1, 0.15) is 0 Å². The molecule has 3 N–H and O–H groups in total. The van der Waals surface area contributed by atoms with Crippen molar-refractivity contribution >= 4 is 5.78 Å². The number of nitrogens with one attached hydrogen (secondary N) is 2. The summed E-state index contributed by atoms with van der Waals surface area (Å²) in [4.78, 5) is 13.1. The van der Waals surface area contributed by atoms with Gasteiger partial charge in [-0.2, -0.15) is 0 Å². The monoisotopic (exact) mass is 324 g/mol. The van der Waals surface area contributed by atoms with Crippen molar-refractivity contribution in [3.8, 4) is 0 Å². The van der Waals surface area contributed by atoms with E-state index in [1.54, 1.807) is 0 Å². The molecular weight excluding hydrogens is 300 g/mol. The molecule has 4 heteroatoms. The van der Waals surface area contributed by atoms with Gasteiger partial charge in [0.2, 0.25) is 0 Å². The highest BCUT2D eigenvalue weighted by atomic mass is 16.3. The third kappa shape index (κ3) is 3.56. The maximum atomic E-state index is 13.1. The Kier molecular flexibility index (Phi) is 5.41. The van der Waals surface area contributed by atoms with Crippen molar-refractivity contribution in [1.82, 2.24) is 10.9 Å². The summed E-state index contributed by atoms with van der Waals surface area (Å²) in [5, 5.41) is 11.4. The Balaban J connectivity index is 1.91. The maximum Gasteiger partial charge on any atom is 0.173 e. The number of carbonyl (C=O) groups is 1. The first-order chi connectivity index (χ1) is 11.7. The van der Waals surface area contributed by atoms with E-state index in [0.717, 1.165) is 25.9 Å². The van der Waals surface area contributed by atoms with Gasteiger partial charge in [-0.1, -0.05) is 60.7 Å². The highest BCUT2D eigenvalue weighted by molar-refractivity contribution is 5.92. The van der Waals surface area contributed by atoms with E-state index in [4.69, 9.17) is 0 Å². The highest BCUT2D eigenvalue weighted by Crippen LogP contribution is 2.33. The Labute approximate surface area is 142 Å². The van der Waals surface area contributed by atoms with Crippen LogP contribution in [-0.2, 0) is 10.4 Å².